The number of aryl methyl sites for hydroxylation is 1. The molecule has 3 aliphatic rings. The van der Waals surface area contributed by atoms with Crippen molar-refractivity contribution in [1.29, 1.82) is 0 Å². The third-order valence-corrected chi connectivity index (χ3v) is 11.7. The first-order chi connectivity index (χ1) is 22.5. The van der Waals surface area contributed by atoms with Crippen molar-refractivity contribution < 1.29 is 42.1 Å². The maximum atomic E-state index is 14.4. The van der Waals surface area contributed by atoms with E-state index in [0.29, 0.717) is 46.8 Å². The summed E-state index contributed by atoms with van der Waals surface area (Å²) in [5.74, 6) is -2.28. The number of benzene rings is 2. The highest BCUT2D eigenvalue weighted by atomic mass is 32.2. The van der Waals surface area contributed by atoms with Crippen LogP contribution in [0.3, 0.4) is 0 Å². The molecule has 3 atom stereocenters. The first kappa shape index (κ1) is 35.1. The lowest BCUT2D eigenvalue weighted by Gasteiger charge is -2.35. The predicted molar refractivity (Wildman–Crippen MR) is 175 cm³/mol. The van der Waals surface area contributed by atoms with Gasteiger partial charge in [-0.15, -0.1) is 0 Å². The minimum atomic E-state index is -3.42. The zero-order chi connectivity index (χ0) is 33.9. The van der Waals surface area contributed by atoms with E-state index in [-0.39, 0.29) is 63.0 Å². The number of likely N-dealkylation sites (tertiary alicyclic amines) is 1. The molecule has 2 aromatic carbocycles. The zero-order valence-corrected chi connectivity index (χ0v) is 28.2. The van der Waals surface area contributed by atoms with Gasteiger partial charge in [-0.1, -0.05) is 26.7 Å². The Morgan fingerprint density at radius 3 is 2.49 bits per heavy atom. The molecule has 5 rings (SSSR count). The van der Waals surface area contributed by atoms with Crippen molar-refractivity contribution in [2.45, 2.75) is 83.9 Å². The van der Waals surface area contributed by atoms with Crippen molar-refractivity contribution in [3.8, 4) is 11.5 Å². The number of amides is 1. The molecule has 3 aliphatic heterocycles. The second-order valence-electron chi connectivity index (χ2n) is 12.8. The van der Waals surface area contributed by atoms with E-state index >= 15 is 0 Å². The van der Waals surface area contributed by atoms with Crippen LogP contribution in [0.1, 0.15) is 75.0 Å². The molecule has 2 saturated heterocycles. The Morgan fingerprint density at radius 1 is 1.13 bits per heavy atom. The number of nitrogens with zero attached hydrogens (tertiary/aromatic N) is 3. The van der Waals surface area contributed by atoms with Crippen molar-refractivity contribution in [3.63, 3.8) is 0 Å². The van der Waals surface area contributed by atoms with Gasteiger partial charge in [-0.25, -0.2) is 17.1 Å². The number of carboxylic acids is 1. The van der Waals surface area contributed by atoms with Crippen LogP contribution in [0.15, 0.2) is 30.3 Å². The molecule has 2 aromatic rings. The van der Waals surface area contributed by atoms with Crippen LogP contribution in [0, 0.1) is 18.7 Å². The number of aliphatic hydroxyl groups is 1. The van der Waals surface area contributed by atoms with E-state index in [1.54, 1.807) is 36.1 Å². The number of carbonyl (C=O) groups excluding carboxylic acids is 1. The number of carboxylic acid groups (broad SMARTS) is 1. The van der Waals surface area contributed by atoms with Crippen molar-refractivity contribution in [2.75, 3.05) is 43.6 Å². The number of aliphatic hydroxyl groups excluding tert-OH is 1. The van der Waals surface area contributed by atoms with Crippen molar-refractivity contribution in [2.24, 2.45) is 5.92 Å². The van der Waals surface area contributed by atoms with Gasteiger partial charge in [0, 0.05) is 48.9 Å². The van der Waals surface area contributed by atoms with Crippen LogP contribution in [0.2, 0.25) is 0 Å². The number of anilines is 1. The number of halogens is 1. The highest BCUT2D eigenvalue weighted by molar-refractivity contribution is 7.89. The number of aliphatic carboxylic acids is 1. The van der Waals surface area contributed by atoms with Gasteiger partial charge in [-0.2, -0.15) is 0 Å². The van der Waals surface area contributed by atoms with Gasteiger partial charge in [0.05, 0.1) is 24.8 Å². The molecular formula is C34H46FN3O8S. The average Bonchev–Trinajstić information content (AvgIpc) is 3.74. The maximum absolute atomic E-state index is 14.4. The second-order valence-corrected chi connectivity index (χ2v) is 14.9. The van der Waals surface area contributed by atoms with Crippen LogP contribution in [0.25, 0.3) is 0 Å². The Labute approximate surface area is 276 Å². The minimum absolute atomic E-state index is 0.0121. The van der Waals surface area contributed by atoms with Crippen LogP contribution in [-0.4, -0.2) is 90.5 Å². The summed E-state index contributed by atoms with van der Waals surface area (Å²) in [7, 11) is -3.42. The molecule has 11 nitrogen and oxygen atoms in total. The van der Waals surface area contributed by atoms with E-state index in [1.165, 1.54) is 10.4 Å². The molecule has 3 heterocycles. The van der Waals surface area contributed by atoms with E-state index < -0.39 is 33.9 Å². The molecule has 2 N–H and O–H groups in total. The summed E-state index contributed by atoms with van der Waals surface area (Å²) in [5.41, 5.74) is 2.13. The second kappa shape index (κ2) is 14.9. The van der Waals surface area contributed by atoms with Gasteiger partial charge in [0.25, 0.3) is 0 Å². The standard InChI is InChI=1S/C34H46FN3O8S/c1-4-7-25(8-5-2)38(26-9-10-28(35)22(3)15-26)31(40)19-36-18-27(23-16-24(20-39)33-30(17-23)45-21-46-33)32(34(41)42)29(36)11-13-37-12-6-14-47(37,43)44/h9-10,15-17,25,27,29,32,39H,4-8,11-14,18-21H2,1-3H3,(H,41,42)/t27-,29+,32-/m1/s1. The summed E-state index contributed by atoms with van der Waals surface area (Å²) in [5, 5.41) is 20.7. The molecule has 0 aliphatic carbocycles. The maximum Gasteiger partial charge on any atom is 0.308 e. The van der Waals surface area contributed by atoms with Crippen molar-refractivity contribution in [1.82, 2.24) is 9.21 Å². The van der Waals surface area contributed by atoms with Crippen molar-refractivity contribution in [3.05, 3.63) is 52.8 Å². The molecule has 0 spiro atoms. The number of rotatable bonds is 14. The summed E-state index contributed by atoms with van der Waals surface area (Å²) in [6.45, 7) is 6.07. The normalized spacial score (nSPS) is 22.3. The van der Waals surface area contributed by atoms with Gasteiger partial charge >= 0.3 is 5.97 Å². The number of carbonyl (C=O) groups is 2. The van der Waals surface area contributed by atoms with Crippen LogP contribution in [0.5, 0.6) is 11.5 Å². The summed E-state index contributed by atoms with van der Waals surface area (Å²) in [4.78, 5) is 31.1. The third-order valence-electron chi connectivity index (χ3n) is 9.72. The van der Waals surface area contributed by atoms with Crippen LogP contribution >= 0.6 is 0 Å². The van der Waals surface area contributed by atoms with E-state index in [9.17, 15) is 32.6 Å². The van der Waals surface area contributed by atoms with Crippen LogP contribution < -0.4 is 14.4 Å². The number of fused-ring (bicyclic) bond motifs is 1. The highest BCUT2D eigenvalue weighted by Gasteiger charge is 2.48. The number of ether oxygens (including phenoxy) is 2. The van der Waals surface area contributed by atoms with Crippen LogP contribution in [-0.2, 0) is 26.2 Å². The fraction of sp³-hybridized carbons (Fsp3) is 0.588. The summed E-state index contributed by atoms with van der Waals surface area (Å²) in [6, 6.07) is 7.33. The molecule has 0 bridgehead atoms. The smallest absolute Gasteiger partial charge is 0.308 e. The van der Waals surface area contributed by atoms with Gasteiger partial charge in [0.1, 0.15) is 5.82 Å². The number of hydrogen-bond acceptors (Lipinski definition) is 8. The topological polar surface area (TPSA) is 137 Å². The first-order valence-corrected chi connectivity index (χ1v) is 18.2. The largest absolute Gasteiger partial charge is 0.481 e. The number of hydrogen-bond donors (Lipinski definition) is 2. The number of sulfonamides is 1. The molecule has 1 amide bonds. The van der Waals surface area contributed by atoms with Crippen molar-refractivity contribution >= 4 is 27.6 Å². The Bertz CT molecular complexity index is 1560. The monoisotopic (exact) mass is 675 g/mol. The summed E-state index contributed by atoms with van der Waals surface area (Å²) < 4.78 is 52.2. The summed E-state index contributed by atoms with van der Waals surface area (Å²) in [6.07, 6.45) is 3.91. The fourth-order valence-electron chi connectivity index (χ4n) is 7.50. The van der Waals surface area contributed by atoms with E-state index in [4.69, 9.17) is 9.47 Å². The molecule has 0 radical (unpaired) electrons. The quantitative estimate of drug-likeness (QED) is 0.301. The predicted octanol–water partition coefficient (Wildman–Crippen LogP) is 4.25. The lowest BCUT2D eigenvalue weighted by Crippen LogP contribution is -2.48. The lowest BCUT2D eigenvalue weighted by molar-refractivity contribution is -0.143. The zero-order valence-electron chi connectivity index (χ0n) is 27.4. The van der Waals surface area contributed by atoms with Gasteiger partial charge < -0.3 is 24.6 Å². The fourth-order valence-corrected chi connectivity index (χ4v) is 9.05. The molecule has 47 heavy (non-hydrogen) atoms. The highest BCUT2D eigenvalue weighted by Crippen LogP contribution is 2.45. The lowest BCUT2D eigenvalue weighted by atomic mass is 9.83. The van der Waals surface area contributed by atoms with E-state index in [0.717, 1.165) is 25.7 Å². The molecular weight excluding hydrogens is 629 g/mol. The average molecular weight is 676 g/mol. The van der Waals surface area contributed by atoms with Crippen LogP contribution in [0.4, 0.5) is 10.1 Å². The first-order valence-electron chi connectivity index (χ1n) is 16.5. The van der Waals surface area contributed by atoms with Gasteiger partial charge in [0.15, 0.2) is 11.5 Å². The molecule has 2 fully saturated rings. The molecule has 0 unspecified atom stereocenters. The Morgan fingerprint density at radius 2 is 1.87 bits per heavy atom. The minimum Gasteiger partial charge on any atom is -0.481 e. The van der Waals surface area contributed by atoms with E-state index in [1.807, 2.05) is 4.90 Å². The van der Waals surface area contributed by atoms with Gasteiger partial charge in [0.2, 0.25) is 22.7 Å². The van der Waals surface area contributed by atoms with Gasteiger partial charge in [-0.3, -0.25) is 14.5 Å². The third kappa shape index (κ3) is 7.43. The molecule has 0 aromatic heterocycles. The molecule has 0 saturated carbocycles. The Kier molecular flexibility index (Phi) is 11.1. The molecule has 258 valence electrons. The SMILES string of the molecule is CCCC(CCC)N(C(=O)CN1C[C@H](c2cc(CO)c3c(c2)OCO3)[C@@H](C(=O)O)[C@@H]1CCN1CCCS1(=O)=O)c1ccc(F)c(C)c1. The molecule has 13 heteroatoms. The Balaban J connectivity index is 1.52. The Hall–Kier alpha value is -3.26. The van der Waals surface area contributed by atoms with E-state index in [2.05, 4.69) is 13.8 Å². The van der Waals surface area contributed by atoms with Gasteiger partial charge in [-0.05, 0) is 74.1 Å². The summed E-state index contributed by atoms with van der Waals surface area (Å²) >= 11 is 0.